The molecule has 3 rings (SSSR count). The number of hydrogen-bond donors (Lipinski definition) is 1. The summed E-state index contributed by atoms with van der Waals surface area (Å²) in [4.78, 5) is 8.73. The molecule has 0 spiro atoms. The number of nitrogens with zero attached hydrogens (tertiary/aromatic N) is 4. The lowest BCUT2D eigenvalue weighted by molar-refractivity contribution is 0.0356. The number of ether oxygens (including phenoxy) is 2. The molecule has 1 aromatic carbocycles. The lowest BCUT2D eigenvalue weighted by atomic mass is 10.2. The van der Waals surface area contributed by atoms with Crippen molar-refractivity contribution in [2.45, 2.75) is 30.9 Å². The van der Waals surface area contributed by atoms with Gasteiger partial charge in [-0.05, 0) is 30.8 Å². The fraction of sp³-hybridized carbons (Fsp3) is 0.565. The lowest BCUT2D eigenvalue weighted by Crippen LogP contribution is -2.46. The summed E-state index contributed by atoms with van der Waals surface area (Å²) in [7, 11) is -2.16. The Hall–Kier alpha value is -1.76. The summed E-state index contributed by atoms with van der Waals surface area (Å²) >= 11 is 11.9. The Morgan fingerprint density at radius 2 is 2.03 bits per heavy atom. The monoisotopic (exact) mass is 543 g/mol. The first-order valence-corrected chi connectivity index (χ1v) is 14.1. The van der Waals surface area contributed by atoms with Crippen LogP contribution in [0.25, 0.3) is 0 Å². The van der Waals surface area contributed by atoms with Crippen molar-refractivity contribution < 1.29 is 17.9 Å². The van der Waals surface area contributed by atoms with E-state index >= 15 is 0 Å². The molecule has 1 fully saturated rings. The molecule has 1 aromatic heterocycles. The van der Waals surface area contributed by atoms with E-state index in [1.54, 1.807) is 42.1 Å². The van der Waals surface area contributed by atoms with Crippen LogP contribution in [0.5, 0.6) is 0 Å². The van der Waals surface area contributed by atoms with Crippen LogP contribution in [0.15, 0.2) is 35.6 Å². The SMILES string of the molecule is CCNC(=S)N(CCN1CCOCC1)Cc1cnc(S(=O)(=O)Cc2ccccc2Cl)n1CCOC. The summed E-state index contributed by atoms with van der Waals surface area (Å²) in [5.41, 5.74) is 1.29. The van der Waals surface area contributed by atoms with Gasteiger partial charge >= 0.3 is 0 Å². The molecule has 0 amide bonds. The summed E-state index contributed by atoms with van der Waals surface area (Å²) in [6, 6.07) is 6.94. The van der Waals surface area contributed by atoms with Crippen LogP contribution in [-0.4, -0.2) is 92.5 Å². The quantitative estimate of drug-likeness (QED) is 0.405. The van der Waals surface area contributed by atoms with Gasteiger partial charge in [0.1, 0.15) is 0 Å². The molecular weight excluding hydrogens is 510 g/mol. The van der Waals surface area contributed by atoms with Crippen molar-refractivity contribution in [1.29, 1.82) is 0 Å². The normalized spacial score (nSPS) is 14.7. The third-order valence-corrected chi connectivity index (χ3v) is 8.10. The Balaban J connectivity index is 1.84. The maximum absolute atomic E-state index is 13.4. The van der Waals surface area contributed by atoms with Crippen LogP contribution in [0.1, 0.15) is 18.2 Å². The van der Waals surface area contributed by atoms with Crippen LogP contribution < -0.4 is 5.32 Å². The second-order valence-corrected chi connectivity index (χ2v) is 10.9. The number of morpholine rings is 1. The molecule has 0 bridgehead atoms. The maximum Gasteiger partial charge on any atom is 0.228 e. The number of thiocarbonyl (C=S) groups is 1. The predicted molar refractivity (Wildman–Crippen MR) is 140 cm³/mol. The number of imidazole rings is 1. The molecule has 0 saturated carbocycles. The first-order valence-electron chi connectivity index (χ1n) is 11.7. The highest BCUT2D eigenvalue weighted by atomic mass is 35.5. The standard InChI is InChI=1S/C23H34ClN5O4S2/c1-3-25-22(34)28(9-8-27-10-14-33-15-11-27)17-20-16-26-23(29(20)12-13-32-2)35(30,31)18-19-6-4-5-7-21(19)24/h4-7,16H,3,8-15,17-18H2,1-2H3,(H,25,34). The first-order chi connectivity index (χ1) is 16.9. The van der Waals surface area contributed by atoms with Gasteiger partial charge in [-0.15, -0.1) is 0 Å². The number of halogens is 1. The zero-order valence-electron chi connectivity index (χ0n) is 20.3. The van der Waals surface area contributed by atoms with E-state index in [0.717, 1.165) is 38.5 Å². The Morgan fingerprint density at radius 1 is 1.29 bits per heavy atom. The minimum Gasteiger partial charge on any atom is -0.383 e. The zero-order chi connectivity index (χ0) is 25.3. The van der Waals surface area contributed by atoms with Crippen molar-refractivity contribution in [1.82, 2.24) is 24.7 Å². The van der Waals surface area contributed by atoms with E-state index in [2.05, 4.69) is 20.1 Å². The van der Waals surface area contributed by atoms with E-state index < -0.39 is 9.84 Å². The Labute approximate surface area is 218 Å². The Kier molecular flexibility index (Phi) is 10.7. The average molecular weight is 544 g/mol. The maximum atomic E-state index is 13.4. The third-order valence-electron chi connectivity index (χ3n) is 5.76. The van der Waals surface area contributed by atoms with E-state index in [9.17, 15) is 8.42 Å². The molecule has 12 heteroatoms. The van der Waals surface area contributed by atoms with Gasteiger partial charge in [-0.25, -0.2) is 13.4 Å². The molecule has 0 radical (unpaired) electrons. The second kappa shape index (κ2) is 13.5. The highest BCUT2D eigenvalue weighted by molar-refractivity contribution is 7.90. The number of nitrogens with one attached hydrogen (secondary N) is 1. The predicted octanol–water partition coefficient (Wildman–Crippen LogP) is 2.19. The molecule has 2 aromatic rings. The van der Waals surface area contributed by atoms with Crippen LogP contribution in [0.3, 0.4) is 0 Å². The lowest BCUT2D eigenvalue weighted by Gasteiger charge is -2.31. The summed E-state index contributed by atoms with van der Waals surface area (Å²) < 4.78 is 39.1. The van der Waals surface area contributed by atoms with Gasteiger partial charge in [0.25, 0.3) is 0 Å². The minimum absolute atomic E-state index is 0.00645. The molecule has 1 aliphatic rings. The van der Waals surface area contributed by atoms with Crippen molar-refractivity contribution in [3.8, 4) is 0 Å². The molecule has 0 atom stereocenters. The molecule has 0 unspecified atom stereocenters. The molecule has 194 valence electrons. The number of methoxy groups -OCH3 is 1. The highest BCUT2D eigenvalue weighted by Gasteiger charge is 2.26. The largest absolute Gasteiger partial charge is 0.383 e. The number of rotatable bonds is 12. The fourth-order valence-corrected chi connectivity index (χ4v) is 6.00. The molecular formula is C23H34ClN5O4S2. The number of sulfone groups is 1. The van der Waals surface area contributed by atoms with E-state index in [-0.39, 0.29) is 10.9 Å². The number of aromatic nitrogens is 2. The first kappa shape index (κ1) is 27.8. The van der Waals surface area contributed by atoms with Crippen LogP contribution >= 0.6 is 23.8 Å². The van der Waals surface area contributed by atoms with Crippen LogP contribution in [0.2, 0.25) is 5.02 Å². The third kappa shape index (κ3) is 7.86. The summed E-state index contributed by atoms with van der Waals surface area (Å²) in [5.74, 6) is -0.230. The summed E-state index contributed by atoms with van der Waals surface area (Å²) in [6.07, 6.45) is 1.62. The van der Waals surface area contributed by atoms with Gasteiger partial charge in [-0.3, -0.25) is 4.90 Å². The van der Waals surface area contributed by atoms with Gasteiger partial charge in [0.05, 0.1) is 44.0 Å². The van der Waals surface area contributed by atoms with E-state index in [1.807, 2.05) is 6.92 Å². The van der Waals surface area contributed by atoms with Gasteiger partial charge in [-0.1, -0.05) is 29.8 Å². The zero-order valence-corrected chi connectivity index (χ0v) is 22.7. The Bertz CT molecular complexity index is 1070. The molecule has 2 heterocycles. The van der Waals surface area contributed by atoms with Crippen LogP contribution in [0, 0.1) is 0 Å². The van der Waals surface area contributed by atoms with E-state index in [1.165, 1.54) is 0 Å². The van der Waals surface area contributed by atoms with Gasteiger partial charge < -0.3 is 24.3 Å². The van der Waals surface area contributed by atoms with Gasteiger partial charge in [0.2, 0.25) is 15.0 Å². The van der Waals surface area contributed by atoms with Gasteiger partial charge in [-0.2, -0.15) is 0 Å². The van der Waals surface area contributed by atoms with E-state index in [0.29, 0.717) is 48.5 Å². The molecule has 1 N–H and O–H groups in total. The van der Waals surface area contributed by atoms with Gasteiger partial charge in [0.15, 0.2) is 5.11 Å². The van der Waals surface area contributed by atoms with Gasteiger partial charge in [0, 0.05) is 51.4 Å². The fourth-order valence-electron chi connectivity index (χ4n) is 3.87. The van der Waals surface area contributed by atoms with Crippen molar-refractivity contribution in [3.05, 3.63) is 46.7 Å². The second-order valence-electron chi connectivity index (χ2n) is 8.24. The topological polar surface area (TPSA) is 88.9 Å². The molecule has 9 nitrogen and oxygen atoms in total. The molecule has 0 aliphatic carbocycles. The summed E-state index contributed by atoms with van der Waals surface area (Å²) in [5, 5.41) is 4.26. The van der Waals surface area contributed by atoms with Crippen LogP contribution in [0.4, 0.5) is 0 Å². The summed E-state index contributed by atoms with van der Waals surface area (Å²) in [6.45, 7) is 8.59. The molecule has 1 saturated heterocycles. The number of hydrogen-bond acceptors (Lipinski definition) is 7. The molecule has 35 heavy (non-hydrogen) atoms. The minimum atomic E-state index is -3.75. The van der Waals surface area contributed by atoms with Crippen molar-refractivity contribution in [2.75, 3.05) is 59.7 Å². The van der Waals surface area contributed by atoms with Crippen molar-refractivity contribution in [3.63, 3.8) is 0 Å². The Morgan fingerprint density at radius 3 is 2.71 bits per heavy atom. The number of benzene rings is 1. The highest BCUT2D eigenvalue weighted by Crippen LogP contribution is 2.23. The van der Waals surface area contributed by atoms with Crippen molar-refractivity contribution >= 4 is 38.8 Å². The van der Waals surface area contributed by atoms with Crippen molar-refractivity contribution in [2.24, 2.45) is 0 Å². The van der Waals surface area contributed by atoms with Crippen LogP contribution in [-0.2, 0) is 38.2 Å². The van der Waals surface area contributed by atoms with E-state index in [4.69, 9.17) is 33.3 Å². The average Bonchev–Trinajstić information content (AvgIpc) is 3.25. The smallest absolute Gasteiger partial charge is 0.228 e. The molecule has 1 aliphatic heterocycles.